The van der Waals surface area contributed by atoms with Crippen molar-refractivity contribution in [3.8, 4) is 0 Å². The van der Waals surface area contributed by atoms with Crippen LogP contribution in [0.5, 0.6) is 0 Å². The van der Waals surface area contributed by atoms with Crippen molar-refractivity contribution in [2.75, 3.05) is 0 Å². The Morgan fingerprint density at radius 2 is 1.67 bits per heavy atom. The van der Waals surface area contributed by atoms with Crippen molar-refractivity contribution >= 4 is 5.78 Å². The Morgan fingerprint density at radius 1 is 1.17 bits per heavy atom. The molecule has 0 amide bonds. The van der Waals surface area contributed by atoms with Gasteiger partial charge in [-0.05, 0) is 6.92 Å². The maximum Gasteiger partial charge on any atom is 0.133 e. The largest absolute Gasteiger partial charge is 0.300 e. The highest BCUT2D eigenvalue weighted by atomic mass is 16.1. The van der Waals surface area contributed by atoms with Crippen LogP contribution in [0.3, 0.4) is 0 Å². The lowest BCUT2D eigenvalue weighted by molar-refractivity contribution is -0.120. The van der Waals surface area contributed by atoms with Crippen molar-refractivity contribution < 1.29 is 4.79 Å². The van der Waals surface area contributed by atoms with Crippen LogP contribution in [0.2, 0.25) is 0 Å². The summed E-state index contributed by atoms with van der Waals surface area (Å²) in [6, 6.07) is 0. The van der Waals surface area contributed by atoms with Crippen molar-refractivity contribution in [3.63, 3.8) is 0 Å². The minimum atomic E-state index is 0.0948. The molecule has 0 aromatic carbocycles. The van der Waals surface area contributed by atoms with Gasteiger partial charge in [-0.25, -0.2) is 0 Å². The maximum absolute atomic E-state index is 11.1. The number of hydrogen-bond acceptors (Lipinski definition) is 1. The van der Waals surface area contributed by atoms with Gasteiger partial charge in [-0.1, -0.05) is 43.4 Å². The number of rotatable bonds is 2. The smallest absolute Gasteiger partial charge is 0.133 e. The summed E-state index contributed by atoms with van der Waals surface area (Å²) in [6.45, 7) is 3.61. The SMILES string of the molecule is CC(=O)C(C)C1C=CC=CC=C1. The molecule has 0 bridgehead atoms. The Kier molecular flexibility index (Phi) is 3.03. The lowest BCUT2D eigenvalue weighted by Crippen LogP contribution is -2.14. The monoisotopic (exact) mass is 162 g/mol. The molecule has 1 nitrogen and oxygen atoms in total. The highest BCUT2D eigenvalue weighted by molar-refractivity contribution is 5.78. The molecule has 1 aliphatic rings. The summed E-state index contributed by atoms with van der Waals surface area (Å²) in [7, 11) is 0. The van der Waals surface area contributed by atoms with E-state index in [9.17, 15) is 4.79 Å². The number of ketones is 1. The van der Waals surface area contributed by atoms with Crippen molar-refractivity contribution in [2.45, 2.75) is 13.8 Å². The van der Waals surface area contributed by atoms with Crippen LogP contribution in [0, 0.1) is 11.8 Å². The van der Waals surface area contributed by atoms with Crippen LogP contribution in [0.1, 0.15) is 13.8 Å². The highest BCUT2D eigenvalue weighted by Gasteiger charge is 2.15. The second kappa shape index (κ2) is 4.05. The third-order valence-corrected chi connectivity index (χ3v) is 2.22. The normalized spacial score (nSPS) is 19.2. The van der Waals surface area contributed by atoms with Gasteiger partial charge in [0.2, 0.25) is 0 Å². The van der Waals surface area contributed by atoms with Gasteiger partial charge in [0, 0.05) is 11.8 Å². The molecule has 0 aromatic rings. The van der Waals surface area contributed by atoms with E-state index in [-0.39, 0.29) is 17.6 Å². The number of hydrogen-bond donors (Lipinski definition) is 0. The van der Waals surface area contributed by atoms with E-state index in [1.807, 2.05) is 31.2 Å². The van der Waals surface area contributed by atoms with E-state index in [0.717, 1.165) is 0 Å². The van der Waals surface area contributed by atoms with E-state index >= 15 is 0 Å². The van der Waals surface area contributed by atoms with Crippen LogP contribution in [0.25, 0.3) is 0 Å². The zero-order valence-corrected chi connectivity index (χ0v) is 7.53. The topological polar surface area (TPSA) is 17.1 Å². The molecular weight excluding hydrogens is 148 g/mol. The average molecular weight is 162 g/mol. The summed E-state index contributed by atoms with van der Waals surface area (Å²) in [5, 5.41) is 0. The first-order valence-electron chi connectivity index (χ1n) is 4.24. The van der Waals surface area contributed by atoms with Gasteiger partial charge in [-0.2, -0.15) is 0 Å². The van der Waals surface area contributed by atoms with Crippen LogP contribution in [-0.4, -0.2) is 5.78 Å². The first kappa shape index (κ1) is 8.98. The summed E-state index contributed by atoms with van der Waals surface area (Å²) in [5.74, 6) is 0.603. The number of carbonyl (C=O) groups excluding carboxylic acids is 1. The predicted molar refractivity (Wildman–Crippen MR) is 50.8 cm³/mol. The van der Waals surface area contributed by atoms with Gasteiger partial charge in [0.05, 0.1) is 0 Å². The molecule has 0 N–H and O–H groups in total. The van der Waals surface area contributed by atoms with Gasteiger partial charge in [0.1, 0.15) is 5.78 Å². The summed E-state index contributed by atoms with van der Waals surface area (Å²) in [5.41, 5.74) is 0. The zero-order chi connectivity index (χ0) is 8.97. The number of allylic oxidation sites excluding steroid dienone is 6. The van der Waals surface area contributed by atoms with Gasteiger partial charge < -0.3 is 0 Å². The van der Waals surface area contributed by atoms with Crippen molar-refractivity contribution in [1.82, 2.24) is 0 Å². The fourth-order valence-corrected chi connectivity index (χ4v) is 1.18. The van der Waals surface area contributed by atoms with Crippen LogP contribution in [0.4, 0.5) is 0 Å². The predicted octanol–water partition coefficient (Wildman–Crippen LogP) is 2.51. The lowest BCUT2D eigenvalue weighted by atomic mass is 9.90. The molecule has 0 saturated carbocycles. The third kappa shape index (κ3) is 2.19. The molecule has 1 unspecified atom stereocenters. The molecule has 1 atom stereocenters. The van der Waals surface area contributed by atoms with Gasteiger partial charge in [-0.15, -0.1) is 0 Å². The van der Waals surface area contributed by atoms with Gasteiger partial charge in [-0.3, -0.25) is 4.79 Å². The van der Waals surface area contributed by atoms with E-state index in [1.165, 1.54) is 0 Å². The van der Waals surface area contributed by atoms with E-state index in [2.05, 4.69) is 12.2 Å². The van der Waals surface area contributed by atoms with E-state index in [0.29, 0.717) is 0 Å². The Morgan fingerprint density at radius 3 is 2.08 bits per heavy atom. The van der Waals surface area contributed by atoms with E-state index in [4.69, 9.17) is 0 Å². The molecule has 0 saturated heterocycles. The van der Waals surface area contributed by atoms with Crippen LogP contribution in [0.15, 0.2) is 36.5 Å². The Balaban J connectivity index is 2.69. The molecule has 0 aliphatic heterocycles. The molecule has 0 fully saturated rings. The first-order chi connectivity index (χ1) is 5.72. The standard InChI is InChI=1S/C11H14O/c1-9(10(2)12)11-7-5-3-4-6-8-11/h3-9,11H,1-2H3. The molecule has 0 radical (unpaired) electrons. The molecule has 0 aromatic heterocycles. The second-order valence-corrected chi connectivity index (χ2v) is 3.13. The Labute approximate surface area is 73.5 Å². The van der Waals surface area contributed by atoms with Crippen LogP contribution < -0.4 is 0 Å². The lowest BCUT2D eigenvalue weighted by Gasteiger charge is -2.13. The maximum atomic E-state index is 11.1. The molecule has 1 heteroatoms. The fraction of sp³-hybridized carbons (Fsp3) is 0.364. The third-order valence-electron chi connectivity index (χ3n) is 2.22. The van der Waals surface area contributed by atoms with Gasteiger partial charge in [0.15, 0.2) is 0 Å². The van der Waals surface area contributed by atoms with Gasteiger partial charge in [0.25, 0.3) is 0 Å². The van der Waals surface area contributed by atoms with Crippen LogP contribution in [-0.2, 0) is 4.79 Å². The molecule has 1 rings (SSSR count). The average Bonchev–Trinajstić information content (AvgIpc) is 2.30. The molecule has 0 spiro atoms. The Bertz CT molecular complexity index is 230. The molecule has 1 aliphatic carbocycles. The highest BCUT2D eigenvalue weighted by Crippen LogP contribution is 2.17. The summed E-state index contributed by atoms with van der Waals surface area (Å²) < 4.78 is 0. The van der Waals surface area contributed by atoms with Crippen LogP contribution >= 0.6 is 0 Å². The minimum Gasteiger partial charge on any atom is -0.300 e. The first-order valence-corrected chi connectivity index (χ1v) is 4.24. The molecular formula is C11H14O. The molecule has 64 valence electrons. The van der Waals surface area contributed by atoms with Crippen molar-refractivity contribution in [2.24, 2.45) is 11.8 Å². The van der Waals surface area contributed by atoms with Crippen molar-refractivity contribution in [1.29, 1.82) is 0 Å². The zero-order valence-electron chi connectivity index (χ0n) is 7.53. The number of Topliss-reactive ketones (excluding diaryl/α,β-unsaturated/α-hetero) is 1. The molecule has 0 heterocycles. The van der Waals surface area contributed by atoms with E-state index in [1.54, 1.807) is 6.92 Å². The second-order valence-electron chi connectivity index (χ2n) is 3.13. The van der Waals surface area contributed by atoms with Crippen molar-refractivity contribution in [3.05, 3.63) is 36.5 Å². The van der Waals surface area contributed by atoms with E-state index < -0.39 is 0 Å². The minimum absolute atomic E-state index is 0.0948. The molecule has 12 heavy (non-hydrogen) atoms. The van der Waals surface area contributed by atoms with Gasteiger partial charge >= 0.3 is 0 Å². The fourth-order valence-electron chi connectivity index (χ4n) is 1.18. The summed E-state index contributed by atoms with van der Waals surface area (Å²) in [6.07, 6.45) is 12.1. The quantitative estimate of drug-likeness (QED) is 0.609. The summed E-state index contributed by atoms with van der Waals surface area (Å²) >= 11 is 0. The Hall–Kier alpha value is -1.11. The summed E-state index contributed by atoms with van der Waals surface area (Å²) in [4.78, 5) is 11.1. The number of carbonyl (C=O) groups is 1.